The fourth-order valence-corrected chi connectivity index (χ4v) is 3.18. The van der Waals surface area contributed by atoms with Crippen LogP contribution in [0, 0.1) is 5.82 Å². The van der Waals surface area contributed by atoms with Crippen LogP contribution in [0.3, 0.4) is 0 Å². The van der Waals surface area contributed by atoms with Crippen molar-refractivity contribution in [1.82, 2.24) is 14.4 Å². The number of amides is 1. The molecule has 1 saturated heterocycles. The van der Waals surface area contributed by atoms with Crippen LogP contribution in [0.1, 0.15) is 18.1 Å². The molecule has 0 bridgehead atoms. The first-order valence-electron chi connectivity index (χ1n) is 9.27. The predicted octanol–water partition coefficient (Wildman–Crippen LogP) is 2.02. The van der Waals surface area contributed by atoms with E-state index in [4.69, 9.17) is 4.74 Å². The highest BCUT2D eigenvalue weighted by atomic mass is 19.1. The lowest BCUT2D eigenvalue weighted by Gasteiger charge is -2.34. The van der Waals surface area contributed by atoms with Gasteiger partial charge in [0.15, 0.2) is 5.75 Å². The van der Waals surface area contributed by atoms with E-state index in [1.54, 1.807) is 36.2 Å². The summed E-state index contributed by atoms with van der Waals surface area (Å²) in [6, 6.07) is 7.61. The van der Waals surface area contributed by atoms with Crippen LogP contribution in [0.5, 0.6) is 5.75 Å². The Morgan fingerprint density at radius 1 is 1.11 bits per heavy atom. The molecule has 1 fully saturated rings. The topological polar surface area (TPSA) is 75.0 Å². The lowest BCUT2D eigenvalue weighted by Crippen LogP contribution is -2.48. The van der Waals surface area contributed by atoms with Gasteiger partial charge >= 0.3 is 6.09 Å². The van der Waals surface area contributed by atoms with Crippen molar-refractivity contribution in [3.8, 4) is 5.75 Å². The molecular weight excluding hydrogens is 365 g/mol. The third kappa shape index (κ3) is 4.69. The van der Waals surface area contributed by atoms with Crippen LogP contribution in [0.4, 0.5) is 9.18 Å². The predicted molar refractivity (Wildman–Crippen MR) is 102 cm³/mol. The molecule has 0 unspecified atom stereocenters. The summed E-state index contributed by atoms with van der Waals surface area (Å²) in [4.78, 5) is 27.9. The second-order valence-electron chi connectivity index (χ2n) is 6.71. The first-order chi connectivity index (χ1) is 13.5. The lowest BCUT2D eigenvalue weighted by molar-refractivity contribution is 0.0776. The van der Waals surface area contributed by atoms with Crippen molar-refractivity contribution >= 4 is 6.09 Å². The fraction of sp³-hybridized carbons (Fsp3) is 0.400. The molecule has 2 aromatic rings. The quantitative estimate of drug-likeness (QED) is 0.847. The Labute approximate surface area is 162 Å². The van der Waals surface area contributed by atoms with E-state index in [1.807, 2.05) is 0 Å². The van der Waals surface area contributed by atoms with Crippen LogP contribution >= 0.6 is 0 Å². The fourth-order valence-electron chi connectivity index (χ4n) is 3.18. The molecule has 1 aromatic carbocycles. The minimum Gasteiger partial charge on any atom is -0.503 e. The van der Waals surface area contributed by atoms with Crippen molar-refractivity contribution in [2.24, 2.45) is 0 Å². The van der Waals surface area contributed by atoms with E-state index in [9.17, 15) is 19.1 Å². The standard InChI is InChI=1S/C20H24FN3O4/c1-2-28-20(27)23-11-9-22(10-12-23)14-16-7-8-24(19(26)18(16)25)13-15-3-5-17(21)6-4-15/h3-8,25H,2,9-14H2,1H3. The molecule has 1 aliphatic heterocycles. The van der Waals surface area contributed by atoms with Crippen LogP contribution in [0.2, 0.25) is 0 Å². The van der Waals surface area contributed by atoms with Gasteiger partial charge in [-0.3, -0.25) is 9.69 Å². The van der Waals surface area contributed by atoms with Gasteiger partial charge in [-0.1, -0.05) is 12.1 Å². The summed E-state index contributed by atoms with van der Waals surface area (Å²) in [6.45, 7) is 5.16. The van der Waals surface area contributed by atoms with E-state index in [-0.39, 0.29) is 24.2 Å². The van der Waals surface area contributed by atoms with Gasteiger partial charge < -0.3 is 19.3 Å². The number of halogens is 1. The summed E-state index contributed by atoms with van der Waals surface area (Å²) in [6.07, 6.45) is 1.32. The van der Waals surface area contributed by atoms with Crippen molar-refractivity contribution in [3.63, 3.8) is 0 Å². The van der Waals surface area contributed by atoms with E-state index < -0.39 is 5.56 Å². The molecule has 8 heteroatoms. The maximum absolute atomic E-state index is 13.0. The Kier molecular flexibility index (Phi) is 6.30. The first kappa shape index (κ1) is 19.9. The normalized spacial score (nSPS) is 14.9. The molecule has 1 N–H and O–H groups in total. The molecule has 0 saturated carbocycles. The monoisotopic (exact) mass is 389 g/mol. The molecule has 7 nitrogen and oxygen atoms in total. The summed E-state index contributed by atoms with van der Waals surface area (Å²) in [5, 5.41) is 10.3. The zero-order valence-electron chi connectivity index (χ0n) is 15.8. The molecule has 28 heavy (non-hydrogen) atoms. The van der Waals surface area contributed by atoms with Gasteiger partial charge in [-0.15, -0.1) is 0 Å². The Hall–Kier alpha value is -2.87. The Morgan fingerprint density at radius 3 is 2.43 bits per heavy atom. The second-order valence-corrected chi connectivity index (χ2v) is 6.71. The summed E-state index contributed by atoms with van der Waals surface area (Å²) in [7, 11) is 0. The Bertz CT molecular complexity index is 874. The number of rotatable bonds is 5. The van der Waals surface area contributed by atoms with Crippen molar-refractivity contribution in [3.05, 3.63) is 63.8 Å². The van der Waals surface area contributed by atoms with E-state index in [0.29, 0.717) is 44.9 Å². The van der Waals surface area contributed by atoms with Crippen LogP contribution in [0.15, 0.2) is 41.3 Å². The minimum atomic E-state index is -0.480. The highest BCUT2D eigenvalue weighted by Gasteiger charge is 2.23. The van der Waals surface area contributed by atoms with Gasteiger partial charge in [0.05, 0.1) is 13.2 Å². The second kappa shape index (κ2) is 8.88. The van der Waals surface area contributed by atoms with Gasteiger partial charge in [0, 0.05) is 44.5 Å². The number of hydrogen-bond donors (Lipinski definition) is 1. The van der Waals surface area contributed by atoms with Crippen molar-refractivity contribution in [2.45, 2.75) is 20.0 Å². The van der Waals surface area contributed by atoms with Crippen LogP contribution in [-0.2, 0) is 17.8 Å². The molecule has 1 aliphatic rings. The molecule has 3 rings (SSSR count). The number of hydrogen-bond acceptors (Lipinski definition) is 5. The van der Waals surface area contributed by atoms with Gasteiger partial charge in [-0.25, -0.2) is 9.18 Å². The van der Waals surface area contributed by atoms with E-state index in [2.05, 4.69) is 4.90 Å². The molecule has 0 aliphatic carbocycles. The van der Waals surface area contributed by atoms with Crippen LogP contribution in [0.25, 0.3) is 0 Å². The van der Waals surface area contributed by atoms with Crippen LogP contribution < -0.4 is 5.56 Å². The molecule has 0 radical (unpaired) electrons. The SMILES string of the molecule is CCOC(=O)N1CCN(Cc2ccn(Cc3ccc(F)cc3)c(=O)c2O)CC1. The molecule has 0 spiro atoms. The number of piperazine rings is 1. The zero-order chi connectivity index (χ0) is 20.1. The number of nitrogens with zero attached hydrogens (tertiary/aromatic N) is 3. The van der Waals surface area contributed by atoms with Crippen LogP contribution in [-0.4, -0.2) is 58.4 Å². The maximum Gasteiger partial charge on any atom is 0.409 e. The maximum atomic E-state index is 13.0. The number of carbonyl (C=O) groups excluding carboxylic acids is 1. The van der Waals surface area contributed by atoms with Crippen molar-refractivity contribution in [2.75, 3.05) is 32.8 Å². The minimum absolute atomic E-state index is 0.255. The number of ether oxygens (including phenoxy) is 1. The summed E-state index contributed by atoms with van der Waals surface area (Å²) >= 11 is 0. The first-order valence-corrected chi connectivity index (χ1v) is 9.27. The number of carbonyl (C=O) groups is 1. The van der Waals surface area contributed by atoms with Gasteiger partial charge in [0.1, 0.15) is 5.82 Å². The molecule has 0 atom stereocenters. The van der Waals surface area contributed by atoms with Gasteiger partial charge in [0.2, 0.25) is 0 Å². The van der Waals surface area contributed by atoms with E-state index in [0.717, 1.165) is 5.56 Å². The van der Waals surface area contributed by atoms with Gasteiger partial charge in [-0.2, -0.15) is 0 Å². The third-order valence-corrected chi connectivity index (χ3v) is 4.78. The Morgan fingerprint density at radius 2 is 1.79 bits per heavy atom. The molecule has 150 valence electrons. The number of pyridine rings is 1. The number of benzene rings is 1. The molecule has 1 aromatic heterocycles. The average Bonchev–Trinajstić information content (AvgIpc) is 2.70. The highest BCUT2D eigenvalue weighted by molar-refractivity contribution is 5.67. The van der Waals surface area contributed by atoms with Gasteiger partial charge in [-0.05, 0) is 30.7 Å². The summed E-state index contributed by atoms with van der Waals surface area (Å²) in [5.41, 5.74) is 0.836. The lowest BCUT2D eigenvalue weighted by atomic mass is 10.2. The molecule has 1 amide bonds. The largest absolute Gasteiger partial charge is 0.503 e. The Balaban J connectivity index is 1.63. The highest BCUT2D eigenvalue weighted by Crippen LogP contribution is 2.16. The number of aromatic nitrogens is 1. The smallest absolute Gasteiger partial charge is 0.409 e. The molecule has 2 heterocycles. The van der Waals surface area contributed by atoms with Crippen molar-refractivity contribution < 1.29 is 19.0 Å². The average molecular weight is 389 g/mol. The number of aromatic hydroxyl groups is 1. The molecular formula is C20H24FN3O4. The van der Waals surface area contributed by atoms with E-state index in [1.165, 1.54) is 16.7 Å². The van der Waals surface area contributed by atoms with Gasteiger partial charge in [0.25, 0.3) is 5.56 Å². The zero-order valence-corrected chi connectivity index (χ0v) is 15.8. The third-order valence-electron chi connectivity index (χ3n) is 4.78. The van der Waals surface area contributed by atoms with E-state index >= 15 is 0 Å². The summed E-state index contributed by atoms with van der Waals surface area (Å²) < 4.78 is 19.4. The van der Waals surface area contributed by atoms with Crippen molar-refractivity contribution in [1.29, 1.82) is 0 Å². The summed E-state index contributed by atoms with van der Waals surface area (Å²) in [5.74, 6) is -0.616.